The van der Waals surface area contributed by atoms with Crippen molar-refractivity contribution in [2.75, 3.05) is 37.0 Å². The Morgan fingerprint density at radius 1 is 1.16 bits per heavy atom. The van der Waals surface area contributed by atoms with Gasteiger partial charge in [-0.25, -0.2) is 0 Å². The summed E-state index contributed by atoms with van der Waals surface area (Å²) in [6.07, 6.45) is 2.32. The van der Waals surface area contributed by atoms with E-state index in [1.807, 2.05) is 24.3 Å². The van der Waals surface area contributed by atoms with Crippen LogP contribution in [0.2, 0.25) is 5.02 Å². The first-order valence-electron chi connectivity index (χ1n) is 8.27. The Morgan fingerprint density at radius 2 is 1.88 bits per heavy atom. The lowest BCUT2D eigenvalue weighted by molar-refractivity contribution is -0.118. The summed E-state index contributed by atoms with van der Waals surface area (Å²) >= 11 is 6.10. The van der Waals surface area contributed by atoms with Crippen molar-refractivity contribution in [1.29, 1.82) is 0 Å². The number of para-hydroxylation sites is 2. The van der Waals surface area contributed by atoms with E-state index in [9.17, 15) is 4.79 Å². The van der Waals surface area contributed by atoms with E-state index in [1.54, 1.807) is 25.3 Å². The number of nitrogens with zero attached hydrogens (tertiary/aromatic N) is 1. The molecule has 5 nitrogen and oxygen atoms in total. The molecule has 0 aliphatic carbocycles. The molecule has 2 aromatic carbocycles. The number of carbonyl (C=O) groups excluding carboxylic acids is 1. The van der Waals surface area contributed by atoms with Crippen molar-refractivity contribution in [2.24, 2.45) is 0 Å². The van der Waals surface area contributed by atoms with Gasteiger partial charge in [0.25, 0.3) is 5.91 Å². The molecule has 2 aromatic rings. The second kappa shape index (κ2) is 8.12. The number of ether oxygens (including phenoxy) is 2. The highest BCUT2D eigenvalue weighted by molar-refractivity contribution is 6.31. The predicted molar refractivity (Wildman–Crippen MR) is 100 cm³/mol. The fourth-order valence-electron chi connectivity index (χ4n) is 2.91. The summed E-state index contributed by atoms with van der Waals surface area (Å²) in [5.41, 5.74) is 1.70. The number of nitrogens with one attached hydrogen (secondary N) is 1. The van der Waals surface area contributed by atoms with Crippen LogP contribution in [0.15, 0.2) is 42.5 Å². The van der Waals surface area contributed by atoms with Gasteiger partial charge in [-0.15, -0.1) is 0 Å². The van der Waals surface area contributed by atoms with Crippen molar-refractivity contribution < 1.29 is 14.3 Å². The van der Waals surface area contributed by atoms with Crippen LogP contribution < -0.4 is 19.7 Å². The van der Waals surface area contributed by atoms with Crippen molar-refractivity contribution in [3.63, 3.8) is 0 Å². The molecule has 1 aliphatic rings. The second-order valence-corrected chi connectivity index (χ2v) is 6.28. The van der Waals surface area contributed by atoms with Gasteiger partial charge < -0.3 is 19.7 Å². The van der Waals surface area contributed by atoms with E-state index < -0.39 is 0 Å². The number of carbonyl (C=O) groups is 1. The SMILES string of the molecule is COc1ccccc1OCC(=O)Nc1cc(Cl)ccc1N1CCCC1. The number of anilines is 2. The predicted octanol–water partition coefficient (Wildman–Crippen LogP) is 3.97. The van der Waals surface area contributed by atoms with Crippen LogP contribution in [0.3, 0.4) is 0 Å². The van der Waals surface area contributed by atoms with Crippen molar-refractivity contribution in [3.05, 3.63) is 47.5 Å². The minimum absolute atomic E-state index is 0.105. The van der Waals surface area contributed by atoms with Crippen LogP contribution in [0.1, 0.15) is 12.8 Å². The number of halogens is 1. The molecule has 1 N–H and O–H groups in total. The molecule has 1 amide bonds. The molecule has 6 heteroatoms. The average molecular weight is 361 g/mol. The van der Waals surface area contributed by atoms with E-state index in [-0.39, 0.29) is 12.5 Å². The molecule has 132 valence electrons. The third-order valence-electron chi connectivity index (χ3n) is 4.11. The first-order valence-corrected chi connectivity index (χ1v) is 8.65. The topological polar surface area (TPSA) is 50.8 Å². The summed E-state index contributed by atoms with van der Waals surface area (Å²) in [5.74, 6) is 0.885. The van der Waals surface area contributed by atoms with Crippen molar-refractivity contribution in [3.8, 4) is 11.5 Å². The summed E-state index contributed by atoms with van der Waals surface area (Å²) in [5, 5.41) is 3.49. The Kier molecular flexibility index (Phi) is 5.66. The molecule has 0 saturated carbocycles. The van der Waals surface area contributed by atoms with Crippen LogP contribution in [-0.4, -0.2) is 32.7 Å². The molecule has 0 unspecified atom stereocenters. The van der Waals surface area contributed by atoms with Crippen LogP contribution >= 0.6 is 11.6 Å². The maximum Gasteiger partial charge on any atom is 0.262 e. The Balaban J connectivity index is 1.67. The maximum absolute atomic E-state index is 12.3. The third kappa shape index (κ3) is 4.37. The van der Waals surface area contributed by atoms with Gasteiger partial charge in [0.1, 0.15) is 0 Å². The van der Waals surface area contributed by atoms with Crippen LogP contribution in [0.25, 0.3) is 0 Å². The summed E-state index contributed by atoms with van der Waals surface area (Å²) in [4.78, 5) is 14.6. The molecule has 1 fully saturated rings. The van der Waals surface area contributed by atoms with Crippen LogP contribution in [0, 0.1) is 0 Å². The monoisotopic (exact) mass is 360 g/mol. The molecule has 0 aromatic heterocycles. The van der Waals surface area contributed by atoms with Gasteiger partial charge >= 0.3 is 0 Å². The van der Waals surface area contributed by atoms with Gasteiger partial charge in [-0.3, -0.25) is 4.79 Å². The molecule has 3 rings (SSSR count). The molecular formula is C19H21ClN2O3. The van der Waals surface area contributed by atoms with E-state index in [0.29, 0.717) is 22.2 Å². The second-order valence-electron chi connectivity index (χ2n) is 5.84. The number of methoxy groups -OCH3 is 1. The van der Waals surface area contributed by atoms with Crippen LogP contribution in [-0.2, 0) is 4.79 Å². The van der Waals surface area contributed by atoms with E-state index in [2.05, 4.69) is 10.2 Å². The van der Waals surface area contributed by atoms with Gasteiger partial charge in [-0.05, 0) is 43.2 Å². The number of amides is 1. The molecular weight excluding hydrogens is 340 g/mol. The smallest absolute Gasteiger partial charge is 0.262 e. The van der Waals surface area contributed by atoms with Crippen LogP contribution in [0.5, 0.6) is 11.5 Å². The number of hydrogen-bond donors (Lipinski definition) is 1. The summed E-state index contributed by atoms with van der Waals surface area (Å²) in [6.45, 7) is 1.87. The summed E-state index contributed by atoms with van der Waals surface area (Å²) < 4.78 is 10.8. The molecule has 25 heavy (non-hydrogen) atoms. The first kappa shape index (κ1) is 17.4. The van der Waals surface area contributed by atoms with Gasteiger partial charge in [0, 0.05) is 18.1 Å². The molecule has 1 heterocycles. The zero-order chi connectivity index (χ0) is 17.6. The number of hydrogen-bond acceptors (Lipinski definition) is 4. The van der Waals surface area contributed by atoms with Crippen molar-refractivity contribution >= 4 is 28.9 Å². The molecule has 0 radical (unpaired) electrons. The molecule has 0 spiro atoms. The van der Waals surface area contributed by atoms with E-state index in [4.69, 9.17) is 21.1 Å². The molecule has 1 saturated heterocycles. The highest BCUT2D eigenvalue weighted by Crippen LogP contribution is 2.31. The van der Waals surface area contributed by atoms with E-state index in [1.165, 1.54) is 0 Å². The lowest BCUT2D eigenvalue weighted by atomic mass is 10.2. The number of benzene rings is 2. The lowest BCUT2D eigenvalue weighted by Gasteiger charge is -2.22. The fraction of sp³-hybridized carbons (Fsp3) is 0.316. The van der Waals surface area contributed by atoms with Gasteiger partial charge in [0.15, 0.2) is 18.1 Å². The Morgan fingerprint density at radius 3 is 2.60 bits per heavy atom. The quantitative estimate of drug-likeness (QED) is 0.847. The minimum Gasteiger partial charge on any atom is -0.493 e. The largest absolute Gasteiger partial charge is 0.493 e. The summed E-state index contributed by atoms with van der Waals surface area (Å²) in [6, 6.07) is 12.8. The Labute approximate surface area is 152 Å². The Hall–Kier alpha value is -2.40. The zero-order valence-corrected chi connectivity index (χ0v) is 14.9. The van der Waals surface area contributed by atoms with Crippen molar-refractivity contribution in [1.82, 2.24) is 0 Å². The highest BCUT2D eigenvalue weighted by Gasteiger charge is 2.17. The number of rotatable bonds is 6. The standard InChI is InChI=1S/C19H21ClN2O3/c1-24-17-6-2-3-7-18(17)25-13-19(23)21-15-12-14(20)8-9-16(15)22-10-4-5-11-22/h2-3,6-9,12H,4-5,10-11,13H2,1H3,(H,21,23). The van der Waals surface area contributed by atoms with E-state index >= 15 is 0 Å². The van der Waals surface area contributed by atoms with Gasteiger partial charge in [0.2, 0.25) is 0 Å². The normalized spacial score (nSPS) is 13.6. The first-order chi connectivity index (χ1) is 12.2. The highest BCUT2D eigenvalue weighted by atomic mass is 35.5. The van der Waals surface area contributed by atoms with Crippen molar-refractivity contribution in [2.45, 2.75) is 12.8 Å². The Bertz CT molecular complexity index is 745. The van der Waals surface area contributed by atoms with Gasteiger partial charge in [-0.1, -0.05) is 23.7 Å². The van der Waals surface area contributed by atoms with Gasteiger partial charge in [-0.2, -0.15) is 0 Å². The van der Waals surface area contributed by atoms with Crippen LogP contribution in [0.4, 0.5) is 11.4 Å². The molecule has 0 bridgehead atoms. The lowest BCUT2D eigenvalue weighted by Crippen LogP contribution is -2.24. The van der Waals surface area contributed by atoms with E-state index in [0.717, 1.165) is 31.6 Å². The average Bonchev–Trinajstić information content (AvgIpc) is 3.14. The van der Waals surface area contributed by atoms with Gasteiger partial charge in [0.05, 0.1) is 18.5 Å². The zero-order valence-electron chi connectivity index (χ0n) is 14.1. The third-order valence-corrected chi connectivity index (χ3v) is 4.34. The minimum atomic E-state index is -0.242. The molecule has 0 atom stereocenters. The maximum atomic E-state index is 12.3. The fourth-order valence-corrected chi connectivity index (χ4v) is 3.08. The summed E-state index contributed by atoms with van der Waals surface area (Å²) in [7, 11) is 1.57. The molecule has 1 aliphatic heterocycles.